The monoisotopic (exact) mass is 253 g/mol. The Bertz CT molecular complexity index is 482. The van der Waals surface area contributed by atoms with Crippen LogP contribution in [0.15, 0.2) is 48.5 Å². The highest BCUT2D eigenvalue weighted by molar-refractivity contribution is 5.45. The molecular formula is C18H23N. The summed E-state index contributed by atoms with van der Waals surface area (Å²) < 4.78 is 0. The highest BCUT2D eigenvalue weighted by Gasteiger charge is 1.96. The first-order chi connectivity index (χ1) is 9.28. The van der Waals surface area contributed by atoms with Gasteiger partial charge in [-0.2, -0.15) is 0 Å². The third-order valence-electron chi connectivity index (χ3n) is 3.39. The highest BCUT2D eigenvalue weighted by atomic mass is 14.9. The average Bonchev–Trinajstić information content (AvgIpc) is 2.46. The van der Waals surface area contributed by atoms with E-state index in [-0.39, 0.29) is 0 Å². The molecule has 0 aliphatic heterocycles. The van der Waals surface area contributed by atoms with Gasteiger partial charge < -0.3 is 5.32 Å². The van der Waals surface area contributed by atoms with Gasteiger partial charge in [-0.3, -0.25) is 0 Å². The Hall–Kier alpha value is -1.76. The van der Waals surface area contributed by atoms with E-state index in [1.165, 1.54) is 41.6 Å². The summed E-state index contributed by atoms with van der Waals surface area (Å²) in [5.74, 6) is 0. The first-order valence-corrected chi connectivity index (χ1v) is 7.16. The third kappa shape index (κ3) is 4.44. The van der Waals surface area contributed by atoms with Gasteiger partial charge >= 0.3 is 0 Å². The lowest BCUT2D eigenvalue weighted by Gasteiger charge is -2.08. The second-order valence-corrected chi connectivity index (χ2v) is 5.14. The summed E-state index contributed by atoms with van der Waals surface area (Å²) >= 11 is 0. The minimum absolute atomic E-state index is 0.886. The molecule has 0 aromatic heterocycles. The maximum atomic E-state index is 3.45. The molecule has 100 valence electrons. The number of aryl methyl sites for hydroxylation is 2. The van der Waals surface area contributed by atoms with E-state index in [1.807, 2.05) is 0 Å². The van der Waals surface area contributed by atoms with Crippen LogP contribution in [0.5, 0.6) is 0 Å². The van der Waals surface area contributed by atoms with Crippen LogP contribution < -0.4 is 5.32 Å². The second-order valence-electron chi connectivity index (χ2n) is 5.14. The van der Waals surface area contributed by atoms with Gasteiger partial charge in [-0.15, -0.1) is 0 Å². The molecule has 0 aliphatic rings. The summed E-state index contributed by atoms with van der Waals surface area (Å²) in [6.07, 6.45) is 3.74. The number of hydrogen-bond acceptors (Lipinski definition) is 1. The van der Waals surface area contributed by atoms with Crippen molar-refractivity contribution in [1.82, 2.24) is 0 Å². The topological polar surface area (TPSA) is 12.0 Å². The largest absolute Gasteiger partial charge is 0.381 e. The van der Waals surface area contributed by atoms with Crippen LogP contribution in [0, 0.1) is 6.92 Å². The quantitative estimate of drug-likeness (QED) is 0.768. The molecule has 0 radical (unpaired) electrons. The average molecular weight is 253 g/mol. The van der Waals surface area contributed by atoms with Crippen LogP contribution in [0.3, 0.4) is 0 Å². The molecule has 0 fully saturated rings. The molecule has 0 saturated heterocycles. The first-order valence-electron chi connectivity index (χ1n) is 7.16. The minimum Gasteiger partial charge on any atom is -0.381 e. The molecule has 0 unspecified atom stereocenters. The normalized spacial score (nSPS) is 10.4. The van der Waals surface area contributed by atoms with Crippen LogP contribution >= 0.6 is 0 Å². The number of benzene rings is 2. The fraction of sp³-hybridized carbons (Fsp3) is 0.333. The van der Waals surface area contributed by atoms with Crippen molar-refractivity contribution < 1.29 is 0 Å². The first kappa shape index (κ1) is 13.7. The van der Waals surface area contributed by atoms with Crippen molar-refractivity contribution in [1.29, 1.82) is 0 Å². The standard InChI is InChI=1S/C18H23N/c1-3-4-5-16-8-10-17(11-9-16)14-19-18-12-6-15(2)7-13-18/h6-13,19H,3-5,14H2,1-2H3. The molecule has 0 aliphatic carbocycles. The Balaban J connectivity index is 1.87. The maximum absolute atomic E-state index is 3.45. The molecule has 0 bridgehead atoms. The molecule has 1 N–H and O–H groups in total. The zero-order valence-electron chi connectivity index (χ0n) is 11.9. The predicted molar refractivity (Wildman–Crippen MR) is 83.6 cm³/mol. The summed E-state index contributed by atoms with van der Waals surface area (Å²) in [7, 11) is 0. The number of nitrogens with one attached hydrogen (secondary N) is 1. The van der Waals surface area contributed by atoms with Gasteiger partial charge in [0.2, 0.25) is 0 Å². The molecule has 0 saturated carbocycles. The third-order valence-corrected chi connectivity index (χ3v) is 3.39. The Labute approximate surface area is 116 Å². The Morgan fingerprint density at radius 2 is 1.47 bits per heavy atom. The molecule has 0 spiro atoms. The van der Waals surface area contributed by atoms with Crippen molar-refractivity contribution in [3.8, 4) is 0 Å². The molecule has 0 atom stereocenters. The molecule has 2 aromatic carbocycles. The smallest absolute Gasteiger partial charge is 0.0400 e. The van der Waals surface area contributed by atoms with E-state index in [1.54, 1.807) is 0 Å². The summed E-state index contributed by atoms with van der Waals surface area (Å²) in [5.41, 5.74) is 5.26. The van der Waals surface area contributed by atoms with Crippen molar-refractivity contribution in [3.05, 3.63) is 65.2 Å². The van der Waals surface area contributed by atoms with Crippen LogP contribution in [0.25, 0.3) is 0 Å². The Morgan fingerprint density at radius 1 is 0.842 bits per heavy atom. The number of anilines is 1. The molecule has 2 aromatic rings. The number of hydrogen-bond donors (Lipinski definition) is 1. The Kier molecular flexibility index (Phi) is 5.02. The van der Waals surface area contributed by atoms with E-state index < -0.39 is 0 Å². The van der Waals surface area contributed by atoms with Crippen molar-refractivity contribution in [2.45, 2.75) is 39.7 Å². The van der Waals surface area contributed by atoms with Crippen molar-refractivity contribution in [2.24, 2.45) is 0 Å². The fourth-order valence-electron chi connectivity index (χ4n) is 2.08. The lowest BCUT2D eigenvalue weighted by Crippen LogP contribution is -1.99. The van der Waals surface area contributed by atoms with Crippen molar-refractivity contribution in [2.75, 3.05) is 5.32 Å². The van der Waals surface area contributed by atoms with Gasteiger partial charge in [0.25, 0.3) is 0 Å². The van der Waals surface area contributed by atoms with E-state index in [0.29, 0.717) is 0 Å². The Morgan fingerprint density at radius 3 is 2.11 bits per heavy atom. The molecule has 0 heterocycles. The molecular weight excluding hydrogens is 230 g/mol. The van der Waals surface area contributed by atoms with E-state index >= 15 is 0 Å². The summed E-state index contributed by atoms with van der Waals surface area (Å²) in [6, 6.07) is 17.5. The maximum Gasteiger partial charge on any atom is 0.0400 e. The highest BCUT2D eigenvalue weighted by Crippen LogP contribution is 2.12. The van der Waals surface area contributed by atoms with Gasteiger partial charge in [0.05, 0.1) is 0 Å². The summed E-state index contributed by atoms with van der Waals surface area (Å²) in [4.78, 5) is 0. The van der Waals surface area contributed by atoms with Crippen molar-refractivity contribution in [3.63, 3.8) is 0 Å². The minimum atomic E-state index is 0.886. The summed E-state index contributed by atoms with van der Waals surface area (Å²) in [5, 5.41) is 3.45. The van der Waals surface area contributed by atoms with Crippen LogP contribution in [0.2, 0.25) is 0 Å². The molecule has 2 rings (SSSR count). The van der Waals surface area contributed by atoms with Gasteiger partial charge in [-0.1, -0.05) is 55.3 Å². The number of rotatable bonds is 6. The zero-order chi connectivity index (χ0) is 13.5. The molecule has 0 amide bonds. The van der Waals surface area contributed by atoms with Gasteiger partial charge in [-0.05, 0) is 43.0 Å². The zero-order valence-corrected chi connectivity index (χ0v) is 11.9. The summed E-state index contributed by atoms with van der Waals surface area (Å²) in [6.45, 7) is 5.23. The second kappa shape index (κ2) is 6.98. The number of unbranched alkanes of at least 4 members (excludes halogenated alkanes) is 1. The van der Waals surface area contributed by atoms with E-state index in [4.69, 9.17) is 0 Å². The lowest BCUT2D eigenvalue weighted by atomic mass is 10.1. The van der Waals surface area contributed by atoms with E-state index in [9.17, 15) is 0 Å². The van der Waals surface area contributed by atoms with E-state index in [0.717, 1.165) is 6.54 Å². The van der Waals surface area contributed by atoms with Crippen LogP contribution in [0.1, 0.15) is 36.5 Å². The van der Waals surface area contributed by atoms with Crippen molar-refractivity contribution >= 4 is 5.69 Å². The molecule has 1 heteroatoms. The SMILES string of the molecule is CCCCc1ccc(CNc2ccc(C)cc2)cc1. The van der Waals surface area contributed by atoms with Crippen LogP contribution in [-0.4, -0.2) is 0 Å². The fourth-order valence-corrected chi connectivity index (χ4v) is 2.08. The predicted octanol–water partition coefficient (Wildman–Crippen LogP) is 4.95. The van der Waals surface area contributed by atoms with Gasteiger partial charge in [-0.25, -0.2) is 0 Å². The molecule has 19 heavy (non-hydrogen) atoms. The van der Waals surface area contributed by atoms with Crippen LogP contribution in [-0.2, 0) is 13.0 Å². The lowest BCUT2D eigenvalue weighted by molar-refractivity contribution is 0.794. The van der Waals surface area contributed by atoms with Gasteiger partial charge in [0.15, 0.2) is 0 Å². The van der Waals surface area contributed by atoms with Crippen LogP contribution in [0.4, 0.5) is 5.69 Å². The van der Waals surface area contributed by atoms with E-state index in [2.05, 4.69) is 67.7 Å². The molecule has 1 nitrogen and oxygen atoms in total. The van der Waals surface area contributed by atoms with Gasteiger partial charge in [0.1, 0.15) is 0 Å². The van der Waals surface area contributed by atoms with Gasteiger partial charge in [0, 0.05) is 12.2 Å².